The van der Waals surface area contributed by atoms with Gasteiger partial charge in [0.15, 0.2) is 12.2 Å². The zero-order valence-corrected chi connectivity index (χ0v) is 15.3. The van der Waals surface area contributed by atoms with E-state index in [9.17, 15) is 9.59 Å². The fourth-order valence-corrected chi connectivity index (χ4v) is 2.82. The summed E-state index contributed by atoms with van der Waals surface area (Å²) < 4.78 is 11.1. The van der Waals surface area contributed by atoms with Crippen LogP contribution in [0.2, 0.25) is 0 Å². The SMILES string of the molecule is NC(=O)COc1ccccc1C(=O)Nc1ccc(-c2nc3ccccc3o2)cc1. The highest BCUT2D eigenvalue weighted by Gasteiger charge is 2.14. The van der Waals surface area contributed by atoms with E-state index in [1.165, 1.54) is 0 Å². The minimum atomic E-state index is -0.616. The number of aromatic nitrogens is 1. The van der Waals surface area contributed by atoms with Crippen molar-refractivity contribution in [1.29, 1.82) is 0 Å². The van der Waals surface area contributed by atoms with Crippen LogP contribution in [0, 0.1) is 0 Å². The lowest BCUT2D eigenvalue weighted by atomic mass is 10.1. The van der Waals surface area contributed by atoms with Crippen LogP contribution in [-0.4, -0.2) is 23.4 Å². The quantitative estimate of drug-likeness (QED) is 0.525. The smallest absolute Gasteiger partial charge is 0.259 e. The Kier molecular flexibility index (Phi) is 4.94. The van der Waals surface area contributed by atoms with Crippen molar-refractivity contribution in [3.63, 3.8) is 0 Å². The van der Waals surface area contributed by atoms with Gasteiger partial charge in [-0.15, -0.1) is 0 Å². The van der Waals surface area contributed by atoms with Crippen molar-refractivity contribution in [3.05, 3.63) is 78.4 Å². The molecule has 7 heteroatoms. The third-order valence-corrected chi connectivity index (χ3v) is 4.19. The number of nitrogens with one attached hydrogen (secondary N) is 1. The number of para-hydroxylation sites is 3. The molecule has 144 valence electrons. The Morgan fingerprint density at radius 2 is 1.69 bits per heavy atom. The predicted molar refractivity (Wildman–Crippen MR) is 109 cm³/mol. The third-order valence-electron chi connectivity index (χ3n) is 4.19. The largest absolute Gasteiger partial charge is 0.483 e. The number of carbonyl (C=O) groups excluding carboxylic acids is 2. The molecule has 4 aromatic rings. The number of benzene rings is 3. The molecule has 0 saturated heterocycles. The maximum atomic E-state index is 12.6. The minimum Gasteiger partial charge on any atom is -0.483 e. The van der Waals surface area contributed by atoms with Crippen LogP contribution in [-0.2, 0) is 4.79 Å². The van der Waals surface area contributed by atoms with E-state index < -0.39 is 5.91 Å². The number of fused-ring (bicyclic) bond motifs is 1. The first-order valence-corrected chi connectivity index (χ1v) is 8.87. The molecule has 0 spiro atoms. The van der Waals surface area contributed by atoms with Gasteiger partial charge in [0.2, 0.25) is 5.89 Å². The van der Waals surface area contributed by atoms with Gasteiger partial charge in [-0.25, -0.2) is 4.98 Å². The highest BCUT2D eigenvalue weighted by atomic mass is 16.5. The Balaban J connectivity index is 1.50. The lowest BCUT2D eigenvalue weighted by Crippen LogP contribution is -2.21. The van der Waals surface area contributed by atoms with Gasteiger partial charge < -0.3 is 20.2 Å². The Morgan fingerprint density at radius 3 is 2.45 bits per heavy atom. The molecule has 0 atom stereocenters. The second-order valence-corrected chi connectivity index (χ2v) is 6.27. The van der Waals surface area contributed by atoms with Gasteiger partial charge in [0.25, 0.3) is 11.8 Å². The van der Waals surface area contributed by atoms with E-state index in [0.717, 1.165) is 11.1 Å². The number of amides is 2. The predicted octanol–water partition coefficient (Wildman–Crippen LogP) is 3.61. The van der Waals surface area contributed by atoms with Gasteiger partial charge in [-0.05, 0) is 48.5 Å². The first-order chi connectivity index (χ1) is 14.1. The molecule has 29 heavy (non-hydrogen) atoms. The van der Waals surface area contributed by atoms with Crippen LogP contribution < -0.4 is 15.8 Å². The molecule has 4 rings (SSSR count). The highest BCUT2D eigenvalue weighted by Crippen LogP contribution is 2.26. The van der Waals surface area contributed by atoms with Gasteiger partial charge in [-0.3, -0.25) is 9.59 Å². The van der Waals surface area contributed by atoms with Crippen molar-refractivity contribution in [3.8, 4) is 17.2 Å². The van der Waals surface area contributed by atoms with Crippen molar-refractivity contribution < 1.29 is 18.7 Å². The third kappa shape index (κ3) is 4.08. The van der Waals surface area contributed by atoms with E-state index in [-0.39, 0.29) is 18.3 Å². The lowest BCUT2D eigenvalue weighted by molar-refractivity contribution is -0.119. The number of primary amides is 1. The Hall–Kier alpha value is -4.13. The van der Waals surface area contributed by atoms with Gasteiger partial charge in [0.05, 0.1) is 5.56 Å². The van der Waals surface area contributed by atoms with Crippen LogP contribution in [0.25, 0.3) is 22.6 Å². The number of nitrogens with zero attached hydrogens (tertiary/aromatic N) is 1. The summed E-state index contributed by atoms with van der Waals surface area (Å²) in [7, 11) is 0. The monoisotopic (exact) mass is 387 g/mol. The van der Waals surface area contributed by atoms with E-state index in [4.69, 9.17) is 14.9 Å². The fraction of sp³-hybridized carbons (Fsp3) is 0.0455. The topological polar surface area (TPSA) is 107 Å². The Bertz CT molecular complexity index is 1150. The summed E-state index contributed by atoms with van der Waals surface area (Å²) in [6.07, 6.45) is 0. The second kappa shape index (κ2) is 7.85. The summed E-state index contributed by atoms with van der Waals surface area (Å²) >= 11 is 0. The number of nitrogens with two attached hydrogens (primary N) is 1. The van der Waals surface area contributed by atoms with Gasteiger partial charge in [0.1, 0.15) is 11.3 Å². The van der Waals surface area contributed by atoms with E-state index in [1.807, 2.05) is 36.4 Å². The number of rotatable bonds is 6. The normalized spacial score (nSPS) is 10.6. The number of hydrogen-bond donors (Lipinski definition) is 2. The maximum absolute atomic E-state index is 12.6. The number of oxazole rings is 1. The minimum absolute atomic E-state index is 0.284. The fourth-order valence-electron chi connectivity index (χ4n) is 2.82. The second-order valence-electron chi connectivity index (χ2n) is 6.27. The highest BCUT2D eigenvalue weighted by molar-refractivity contribution is 6.06. The molecular formula is C22H17N3O4. The average Bonchev–Trinajstić information content (AvgIpc) is 3.17. The number of anilines is 1. The van der Waals surface area contributed by atoms with E-state index in [2.05, 4.69) is 10.3 Å². The molecule has 0 saturated carbocycles. The Labute approximate surface area is 166 Å². The first kappa shape index (κ1) is 18.2. The van der Waals surface area contributed by atoms with Crippen LogP contribution in [0.5, 0.6) is 5.75 Å². The van der Waals surface area contributed by atoms with E-state index in [1.54, 1.807) is 36.4 Å². The van der Waals surface area contributed by atoms with Crippen molar-refractivity contribution in [2.24, 2.45) is 5.73 Å². The number of hydrogen-bond acceptors (Lipinski definition) is 5. The summed E-state index contributed by atoms with van der Waals surface area (Å²) in [4.78, 5) is 28.0. The number of carbonyl (C=O) groups is 2. The standard InChI is InChI=1S/C22H17N3O4/c23-20(26)13-28-18-7-3-1-5-16(18)21(27)24-15-11-9-14(10-12-15)22-25-17-6-2-4-8-19(17)29-22/h1-12H,13H2,(H2,23,26)(H,24,27). The summed E-state index contributed by atoms with van der Waals surface area (Å²) in [5.41, 5.74) is 8.29. The molecule has 1 heterocycles. The first-order valence-electron chi connectivity index (χ1n) is 8.87. The molecule has 7 nitrogen and oxygen atoms in total. The van der Waals surface area contributed by atoms with Crippen LogP contribution in [0.4, 0.5) is 5.69 Å². The molecule has 0 radical (unpaired) electrons. The van der Waals surface area contributed by atoms with Gasteiger partial charge in [-0.1, -0.05) is 24.3 Å². The Morgan fingerprint density at radius 1 is 0.966 bits per heavy atom. The zero-order valence-electron chi connectivity index (χ0n) is 15.3. The van der Waals surface area contributed by atoms with Crippen molar-refractivity contribution in [2.45, 2.75) is 0 Å². The average molecular weight is 387 g/mol. The lowest BCUT2D eigenvalue weighted by Gasteiger charge is -2.11. The molecule has 1 aromatic heterocycles. The summed E-state index contributed by atoms with van der Waals surface area (Å²) in [6.45, 7) is -0.302. The van der Waals surface area contributed by atoms with Gasteiger partial charge >= 0.3 is 0 Å². The zero-order chi connectivity index (χ0) is 20.2. The van der Waals surface area contributed by atoms with E-state index >= 15 is 0 Å². The molecule has 2 amide bonds. The molecule has 0 fully saturated rings. The summed E-state index contributed by atoms with van der Waals surface area (Å²) in [6, 6.07) is 21.3. The van der Waals surface area contributed by atoms with Gasteiger partial charge in [0, 0.05) is 11.3 Å². The van der Waals surface area contributed by atoms with Crippen molar-refractivity contribution in [2.75, 3.05) is 11.9 Å². The van der Waals surface area contributed by atoms with Crippen LogP contribution >= 0.6 is 0 Å². The molecule has 3 aromatic carbocycles. The van der Waals surface area contributed by atoms with Crippen molar-refractivity contribution >= 4 is 28.6 Å². The maximum Gasteiger partial charge on any atom is 0.259 e. The molecule has 0 aliphatic heterocycles. The van der Waals surface area contributed by atoms with Crippen LogP contribution in [0.1, 0.15) is 10.4 Å². The van der Waals surface area contributed by atoms with Gasteiger partial charge in [-0.2, -0.15) is 0 Å². The molecule has 0 unspecified atom stereocenters. The summed E-state index contributed by atoms with van der Waals surface area (Å²) in [5, 5.41) is 2.81. The molecule has 0 aliphatic carbocycles. The number of ether oxygens (including phenoxy) is 1. The molecule has 0 aliphatic rings. The van der Waals surface area contributed by atoms with E-state index in [0.29, 0.717) is 22.7 Å². The van der Waals surface area contributed by atoms with Crippen molar-refractivity contribution in [1.82, 2.24) is 4.98 Å². The molecule has 0 bridgehead atoms. The molecular weight excluding hydrogens is 370 g/mol. The van der Waals surface area contributed by atoms with Crippen LogP contribution in [0.3, 0.4) is 0 Å². The summed E-state index contributed by atoms with van der Waals surface area (Å²) in [5.74, 6) is -0.184. The molecule has 3 N–H and O–H groups in total. The van der Waals surface area contributed by atoms with Crippen LogP contribution in [0.15, 0.2) is 77.2 Å².